The molecule has 1 saturated carbocycles. The van der Waals surface area contributed by atoms with Crippen LogP contribution in [0.2, 0.25) is 0 Å². The third kappa shape index (κ3) is 9.09. The highest BCUT2D eigenvalue weighted by atomic mass is 19.4. The molecule has 0 bridgehead atoms. The molecule has 3 aromatic rings. The molecule has 13 heteroatoms. The molecule has 0 radical (unpaired) electrons. The molecule has 5 rings (SSSR count). The number of hydrogen-bond acceptors (Lipinski definition) is 6. The van der Waals surface area contributed by atoms with Gasteiger partial charge in [0.15, 0.2) is 6.10 Å². The fourth-order valence-electron chi connectivity index (χ4n) is 6.19. The van der Waals surface area contributed by atoms with E-state index in [1.54, 1.807) is 19.1 Å². The largest absolute Gasteiger partial charge is 0.492 e. The normalized spacial score (nSPS) is 19.5. The van der Waals surface area contributed by atoms with Crippen LogP contribution in [0.1, 0.15) is 60.3 Å². The van der Waals surface area contributed by atoms with Crippen molar-refractivity contribution in [3.8, 4) is 11.5 Å². The zero-order valence-electron chi connectivity index (χ0n) is 28.2. The van der Waals surface area contributed by atoms with Gasteiger partial charge in [0.25, 0.3) is 5.91 Å². The summed E-state index contributed by atoms with van der Waals surface area (Å²) in [7, 11) is 0. The summed E-state index contributed by atoms with van der Waals surface area (Å²) in [6.07, 6.45) is -10.6. The van der Waals surface area contributed by atoms with Crippen LogP contribution in [0.5, 0.6) is 11.5 Å². The molecule has 3 aromatic carbocycles. The van der Waals surface area contributed by atoms with Gasteiger partial charge in [-0.3, -0.25) is 4.79 Å². The fraction of sp³-hybridized carbons (Fsp3) is 0.459. The number of ether oxygens (including phenoxy) is 3. The Balaban J connectivity index is 1.07. The molecule has 2 fully saturated rings. The number of carbonyl (C=O) groups excluding carboxylic acids is 2. The molecule has 1 N–H and O–H groups in total. The third-order valence-electron chi connectivity index (χ3n) is 8.96. The standard InChI is InChI=1S/C37H40F6N2O5/c1-5-48-34(47)31(50-28-12-8-24(9-13-28)35(2,3)4)16-22-6-10-27(11-7-22)49-15-14-44-32-29-20-45(21-30(29)32)33(46)23-17-25(36(38,39)40)19-26(18-23)37(41,42)43/h6-13,17-19,29-32,44H,5,14-16,20-21H2,1-4H3/t29-,30?,31-,32+/m0/s1. The number of amides is 1. The Morgan fingerprint density at radius 1 is 0.820 bits per heavy atom. The fourth-order valence-corrected chi connectivity index (χ4v) is 6.19. The van der Waals surface area contributed by atoms with Crippen molar-refractivity contribution in [3.63, 3.8) is 0 Å². The van der Waals surface area contributed by atoms with Crippen molar-refractivity contribution in [3.05, 3.63) is 94.5 Å². The summed E-state index contributed by atoms with van der Waals surface area (Å²) in [6.45, 7) is 9.61. The number of benzene rings is 3. The molecule has 7 nitrogen and oxygen atoms in total. The number of nitrogens with one attached hydrogen (secondary N) is 1. The molecule has 0 aromatic heterocycles. The molecule has 1 saturated heterocycles. The molecule has 1 aliphatic heterocycles. The zero-order valence-corrected chi connectivity index (χ0v) is 28.2. The monoisotopic (exact) mass is 706 g/mol. The van der Waals surface area contributed by atoms with Gasteiger partial charge >= 0.3 is 18.3 Å². The quantitative estimate of drug-likeness (QED) is 0.121. The average Bonchev–Trinajstić information content (AvgIpc) is 3.48. The molecule has 1 heterocycles. The lowest BCUT2D eigenvalue weighted by atomic mass is 9.87. The Hall–Kier alpha value is -4.26. The number of carbonyl (C=O) groups is 2. The van der Waals surface area contributed by atoms with Gasteiger partial charge in [0, 0.05) is 37.7 Å². The number of alkyl halides is 6. The highest BCUT2D eigenvalue weighted by Gasteiger charge is 2.56. The Morgan fingerprint density at radius 2 is 1.38 bits per heavy atom. The van der Waals surface area contributed by atoms with Gasteiger partial charge in [0.05, 0.1) is 17.7 Å². The van der Waals surface area contributed by atoms with Gasteiger partial charge in [-0.2, -0.15) is 26.3 Å². The minimum atomic E-state index is -5.02. The van der Waals surface area contributed by atoms with Crippen LogP contribution in [0.15, 0.2) is 66.7 Å². The second kappa shape index (κ2) is 14.5. The Kier molecular flexibility index (Phi) is 10.8. The Morgan fingerprint density at radius 3 is 1.90 bits per heavy atom. The van der Waals surface area contributed by atoms with Crippen LogP contribution >= 0.6 is 0 Å². The van der Waals surface area contributed by atoms with Crippen molar-refractivity contribution in [1.82, 2.24) is 10.2 Å². The molecule has 270 valence electrons. The first kappa shape index (κ1) is 37.0. The minimum Gasteiger partial charge on any atom is -0.492 e. The topological polar surface area (TPSA) is 77.1 Å². The van der Waals surface area contributed by atoms with Crippen molar-refractivity contribution < 1.29 is 50.1 Å². The second-order valence-electron chi connectivity index (χ2n) is 13.6. The van der Waals surface area contributed by atoms with Gasteiger partial charge in [-0.15, -0.1) is 0 Å². The van der Waals surface area contributed by atoms with Crippen molar-refractivity contribution in [2.24, 2.45) is 11.8 Å². The van der Waals surface area contributed by atoms with Crippen molar-refractivity contribution in [1.29, 1.82) is 0 Å². The number of rotatable bonds is 12. The maximum atomic E-state index is 13.2. The van der Waals surface area contributed by atoms with E-state index in [0.29, 0.717) is 43.2 Å². The average molecular weight is 707 g/mol. The summed E-state index contributed by atoms with van der Waals surface area (Å²) in [6, 6.07) is 16.0. The van der Waals surface area contributed by atoms with Crippen molar-refractivity contribution >= 4 is 11.9 Å². The Labute approximate surface area is 286 Å². The predicted octanol–water partition coefficient (Wildman–Crippen LogP) is 7.31. The number of piperidine rings is 1. The first-order valence-corrected chi connectivity index (χ1v) is 16.4. The molecular weight excluding hydrogens is 666 g/mol. The van der Waals surface area contributed by atoms with Crippen LogP contribution in [-0.4, -0.2) is 61.8 Å². The Bertz CT molecular complexity index is 1610. The number of halogens is 6. The van der Waals surface area contributed by atoms with Crippen molar-refractivity contribution in [2.75, 3.05) is 32.8 Å². The van der Waals surface area contributed by atoms with Gasteiger partial charge < -0.3 is 24.4 Å². The molecule has 1 aliphatic carbocycles. The highest BCUT2D eigenvalue weighted by Crippen LogP contribution is 2.46. The number of esters is 1. The lowest BCUT2D eigenvalue weighted by Crippen LogP contribution is -2.36. The maximum Gasteiger partial charge on any atom is 0.416 e. The molecule has 1 unspecified atom stereocenters. The van der Waals surface area contributed by atoms with E-state index in [9.17, 15) is 35.9 Å². The van der Waals surface area contributed by atoms with E-state index >= 15 is 0 Å². The van der Waals surface area contributed by atoms with E-state index in [4.69, 9.17) is 14.2 Å². The van der Waals surface area contributed by atoms with E-state index in [0.717, 1.165) is 11.1 Å². The summed E-state index contributed by atoms with van der Waals surface area (Å²) in [5, 5.41) is 3.35. The smallest absolute Gasteiger partial charge is 0.416 e. The van der Waals surface area contributed by atoms with Crippen LogP contribution in [0, 0.1) is 11.8 Å². The molecule has 1 amide bonds. The zero-order chi connectivity index (χ0) is 36.4. The van der Waals surface area contributed by atoms with Crippen LogP contribution < -0.4 is 14.8 Å². The first-order valence-electron chi connectivity index (χ1n) is 16.4. The molecular formula is C37H40F6N2O5. The van der Waals surface area contributed by atoms with Gasteiger partial charge in [0.2, 0.25) is 0 Å². The summed E-state index contributed by atoms with van der Waals surface area (Å²) in [5.41, 5.74) is -1.67. The van der Waals surface area contributed by atoms with E-state index in [1.807, 2.05) is 36.4 Å². The van der Waals surface area contributed by atoms with E-state index in [-0.39, 0.29) is 49.1 Å². The number of hydrogen-bond donors (Lipinski definition) is 1. The molecule has 50 heavy (non-hydrogen) atoms. The number of likely N-dealkylation sites (tertiary alicyclic amines) is 1. The summed E-state index contributed by atoms with van der Waals surface area (Å²) >= 11 is 0. The van der Waals surface area contributed by atoms with Gasteiger partial charge in [-0.25, -0.2) is 4.79 Å². The molecule has 0 spiro atoms. The van der Waals surface area contributed by atoms with Gasteiger partial charge in [-0.1, -0.05) is 45.0 Å². The molecule has 2 aliphatic rings. The van der Waals surface area contributed by atoms with E-state index in [2.05, 4.69) is 26.1 Å². The summed E-state index contributed by atoms with van der Waals surface area (Å²) in [4.78, 5) is 26.9. The van der Waals surface area contributed by atoms with Gasteiger partial charge in [0.1, 0.15) is 18.1 Å². The van der Waals surface area contributed by atoms with Crippen LogP contribution in [0.25, 0.3) is 0 Å². The van der Waals surface area contributed by atoms with Crippen LogP contribution in [-0.2, 0) is 33.7 Å². The minimum absolute atomic E-state index is 0.0140. The summed E-state index contributed by atoms with van der Waals surface area (Å²) in [5.74, 6) is -0.0160. The highest BCUT2D eigenvalue weighted by molar-refractivity contribution is 5.95. The SMILES string of the molecule is CCOC(=O)[C@H](Cc1ccc(OCCN[C@H]2C3CN(C(=O)c4cc(C(F)(F)F)cc(C(F)(F)F)c4)C[C@@H]32)cc1)Oc1ccc(C(C)(C)C)cc1. The predicted molar refractivity (Wildman–Crippen MR) is 173 cm³/mol. The summed E-state index contributed by atoms with van der Waals surface area (Å²) < 4.78 is 96.5. The number of nitrogens with zero attached hydrogens (tertiary/aromatic N) is 1. The van der Waals surface area contributed by atoms with Crippen LogP contribution in [0.3, 0.4) is 0 Å². The van der Waals surface area contributed by atoms with E-state index < -0.39 is 47.0 Å². The van der Waals surface area contributed by atoms with Gasteiger partial charge in [-0.05, 0) is 77.8 Å². The molecule has 4 atom stereocenters. The lowest BCUT2D eigenvalue weighted by molar-refractivity contribution is -0.151. The lowest BCUT2D eigenvalue weighted by Gasteiger charge is -2.22. The third-order valence-corrected chi connectivity index (χ3v) is 8.96. The van der Waals surface area contributed by atoms with E-state index in [1.165, 1.54) is 4.90 Å². The number of fused-ring (bicyclic) bond motifs is 1. The van der Waals surface area contributed by atoms with Crippen molar-refractivity contribution in [2.45, 2.75) is 64.0 Å². The second-order valence-corrected chi connectivity index (χ2v) is 13.6. The van der Waals surface area contributed by atoms with Crippen LogP contribution in [0.4, 0.5) is 26.3 Å². The maximum absolute atomic E-state index is 13.2. The first-order chi connectivity index (χ1) is 23.4.